The number of hydrogen-bond acceptors (Lipinski definition) is 4. The molecule has 1 heterocycles. The fraction of sp³-hybridized carbons (Fsp3) is 0.800. The lowest BCUT2D eigenvalue weighted by Gasteiger charge is -2.10. The maximum atomic E-state index is 5.88. The van der Waals surface area contributed by atoms with Crippen LogP contribution < -0.4 is 5.73 Å². The van der Waals surface area contributed by atoms with Crippen molar-refractivity contribution in [2.75, 3.05) is 0 Å². The minimum Gasteiger partial charge on any atom is -0.339 e. The van der Waals surface area contributed by atoms with Crippen LogP contribution in [0.2, 0.25) is 0 Å². The summed E-state index contributed by atoms with van der Waals surface area (Å²) in [5.41, 5.74) is 5.78. The summed E-state index contributed by atoms with van der Waals surface area (Å²) in [5, 5.41) is 3.89. The molecule has 4 nitrogen and oxygen atoms in total. The minimum atomic E-state index is -0.100. The summed E-state index contributed by atoms with van der Waals surface area (Å²) in [7, 11) is 0. The van der Waals surface area contributed by atoms with Gasteiger partial charge in [-0.1, -0.05) is 39.3 Å². The van der Waals surface area contributed by atoms with Crippen LogP contribution in [0.5, 0.6) is 0 Å². The van der Waals surface area contributed by atoms with Crippen molar-refractivity contribution in [1.82, 2.24) is 10.1 Å². The molecule has 4 heteroatoms. The molecule has 1 rings (SSSR count). The monoisotopic (exact) mass is 197 g/mol. The van der Waals surface area contributed by atoms with E-state index in [1.165, 1.54) is 0 Å². The van der Waals surface area contributed by atoms with Gasteiger partial charge in [0.05, 0.1) is 6.04 Å². The van der Waals surface area contributed by atoms with Crippen molar-refractivity contribution in [3.8, 4) is 0 Å². The van der Waals surface area contributed by atoms with E-state index in [-0.39, 0.29) is 11.5 Å². The smallest absolute Gasteiger partial charge is 0.232 e. The molecule has 0 aliphatic rings. The molecule has 0 spiro atoms. The zero-order valence-electron chi connectivity index (χ0n) is 9.37. The average molecular weight is 197 g/mol. The fourth-order valence-corrected chi connectivity index (χ4v) is 1.13. The van der Waals surface area contributed by atoms with Gasteiger partial charge in [-0.2, -0.15) is 4.98 Å². The molecule has 1 unspecified atom stereocenters. The average Bonchev–Trinajstić information content (AvgIpc) is 2.51. The third-order valence-electron chi connectivity index (χ3n) is 2.01. The Balaban J connectivity index is 2.78. The minimum absolute atomic E-state index is 0.0974. The summed E-state index contributed by atoms with van der Waals surface area (Å²) >= 11 is 0. The van der Waals surface area contributed by atoms with Crippen molar-refractivity contribution in [3.05, 3.63) is 11.7 Å². The highest BCUT2D eigenvalue weighted by atomic mass is 16.5. The number of hydrogen-bond donors (Lipinski definition) is 1. The van der Waals surface area contributed by atoms with Gasteiger partial charge in [0.15, 0.2) is 5.82 Å². The largest absolute Gasteiger partial charge is 0.339 e. The Bertz CT molecular complexity index is 288. The molecule has 0 radical (unpaired) electrons. The first-order chi connectivity index (χ1) is 6.45. The predicted molar refractivity (Wildman–Crippen MR) is 54.8 cm³/mol. The summed E-state index contributed by atoms with van der Waals surface area (Å²) in [5.74, 6) is 1.27. The summed E-state index contributed by atoms with van der Waals surface area (Å²) in [6.07, 6.45) is 1.92. The van der Waals surface area contributed by atoms with E-state index in [1.807, 2.05) is 20.8 Å². The quantitative estimate of drug-likeness (QED) is 0.806. The van der Waals surface area contributed by atoms with Gasteiger partial charge in [0.25, 0.3) is 0 Å². The third-order valence-corrected chi connectivity index (χ3v) is 2.01. The van der Waals surface area contributed by atoms with Crippen molar-refractivity contribution >= 4 is 0 Å². The SMILES string of the molecule is CCCC(N)c1noc(C(C)(C)C)n1. The zero-order chi connectivity index (χ0) is 10.8. The number of aromatic nitrogens is 2. The van der Waals surface area contributed by atoms with Crippen molar-refractivity contribution in [2.24, 2.45) is 5.73 Å². The van der Waals surface area contributed by atoms with E-state index in [1.54, 1.807) is 0 Å². The van der Waals surface area contributed by atoms with Crippen LogP contribution in [0.15, 0.2) is 4.52 Å². The molecule has 2 N–H and O–H groups in total. The van der Waals surface area contributed by atoms with E-state index in [0.717, 1.165) is 12.8 Å². The lowest BCUT2D eigenvalue weighted by Crippen LogP contribution is -2.14. The van der Waals surface area contributed by atoms with Crippen molar-refractivity contribution in [2.45, 2.75) is 52.0 Å². The van der Waals surface area contributed by atoms with Gasteiger partial charge >= 0.3 is 0 Å². The molecule has 1 aromatic rings. The molecule has 0 amide bonds. The van der Waals surface area contributed by atoms with E-state index in [2.05, 4.69) is 17.1 Å². The molecule has 0 fully saturated rings. The first-order valence-corrected chi connectivity index (χ1v) is 5.04. The van der Waals surface area contributed by atoms with E-state index in [9.17, 15) is 0 Å². The van der Waals surface area contributed by atoms with Gasteiger partial charge in [0.2, 0.25) is 5.89 Å². The van der Waals surface area contributed by atoms with Gasteiger partial charge in [-0.05, 0) is 6.42 Å². The number of nitrogens with zero attached hydrogens (tertiary/aromatic N) is 2. The summed E-state index contributed by atoms with van der Waals surface area (Å²) in [6.45, 7) is 8.20. The summed E-state index contributed by atoms with van der Waals surface area (Å²) in [4.78, 5) is 4.30. The van der Waals surface area contributed by atoms with Crippen LogP contribution in [0.1, 0.15) is 58.3 Å². The fourth-order valence-electron chi connectivity index (χ4n) is 1.13. The Morgan fingerprint density at radius 1 is 1.43 bits per heavy atom. The van der Waals surface area contributed by atoms with Crippen molar-refractivity contribution in [3.63, 3.8) is 0 Å². The van der Waals surface area contributed by atoms with E-state index >= 15 is 0 Å². The molecule has 0 bridgehead atoms. The van der Waals surface area contributed by atoms with Gasteiger partial charge in [0, 0.05) is 5.41 Å². The first-order valence-electron chi connectivity index (χ1n) is 5.04. The molecule has 0 saturated heterocycles. The van der Waals surface area contributed by atoms with Crippen molar-refractivity contribution < 1.29 is 4.52 Å². The van der Waals surface area contributed by atoms with Gasteiger partial charge < -0.3 is 10.3 Å². The van der Waals surface area contributed by atoms with Crippen LogP contribution in [0.25, 0.3) is 0 Å². The van der Waals surface area contributed by atoms with Gasteiger partial charge in [-0.3, -0.25) is 0 Å². The highest BCUT2D eigenvalue weighted by molar-refractivity contribution is 5.00. The Morgan fingerprint density at radius 2 is 2.07 bits per heavy atom. The Morgan fingerprint density at radius 3 is 2.50 bits per heavy atom. The standard InChI is InChI=1S/C10H19N3O/c1-5-6-7(11)8-12-9(14-13-8)10(2,3)4/h7H,5-6,11H2,1-4H3. The third kappa shape index (κ3) is 2.54. The molecule has 14 heavy (non-hydrogen) atoms. The highest BCUT2D eigenvalue weighted by Gasteiger charge is 2.23. The van der Waals surface area contributed by atoms with Crippen LogP contribution in [0, 0.1) is 0 Å². The van der Waals surface area contributed by atoms with E-state index in [0.29, 0.717) is 11.7 Å². The molecule has 80 valence electrons. The Kier molecular flexibility index (Phi) is 3.26. The second-order valence-electron chi connectivity index (χ2n) is 4.60. The summed E-state index contributed by atoms with van der Waals surface area (Å²) in [6, 6.07) is -0.0974. The van der Waals surface area contributed by atoms with E-state index in [4.69, 9.17) is 10.3 Å². The Labute approximate surface area is 84.9 Å². The van der Waals surface area contributed by atoms with Crippen LogP contribution >= 0.6 is 0 Å². The Hall–Kier alpha value is -0.900. The molecule has 1 atom stereocenters. The maximum Gasteiger partial charge on any atom is 0.232 e. The molecular formula is C10H19N3O. The molecule has 0 saturated carbocycles. The first kappa shape index (κ1) is 11.2. The number of nitrogens with two attached hydrogens (primary N) is 1. The highest BCUT2D eigenvalue weighted by Crippen LogP contribution is 2.21. The van der Waals surface area contributed by atoms with Crippen LogP contribution in [0.4, 0.5) is 0 Å². The van der Waals surface area contributed by atoms with Gasteiger partial charge in [0.1, 0.15) is 0 Å². The molecule has 0 aliphatic heterocycles. The second-order valence-corrected chi connectivity index (χ2v) is 4.60. The van der Waals surface area contributed by atoms with Crippen molar-refractivity contribution in [1.29, 1.82) is 0 Å². The zero-order valence-corrected chi connectivity index (χ0v) is 9.37. The topological polar surface area (TPSA) is 64.9 Å². The summed E-state index contributed by atoms with van der Waals surface area (Å²) < 4.78 is 5.16. The second kappa shape index (κ2) is 4.09. The van der Waals surface area contributed by atoms with Crippen LogP contribution in [-0.2, 0) is 5.41 Å². The normalized spacial score (nSPS) is 14.4. The maximum absolute atomic E-state index is 5.88. The predicted octanol–water partition coefficient (Wildman–Crippen LogP) is 2.17. The lowest BCUT2D eigenvalue weighted by molar-refractivity contribution is 0.316. The van der Waals surface area contributed by atoms with E-state index < -0.39 is 0 Å². The molecule has 0 aliphatic carbocycles. The van der Waals surface area contributed by atoms with Gasteiger partial charge in [-0.25, -0.2) is 0 Å². The molecule has 0 aromatic carbocycles. The lowest BCUT2D eigenvalue weighted by atomic mass is 9.97. The number of rotatable bonds is 3. The molecular weight excluding hydrogens is 178 g/mol. The van der Waals surface area contributed by atoms with Crippen LogP contribution in [0.3, 0.4) is 0 Å². The van der Waals surface area contributed by atoms with Crippen LogP contribution in [-0.4, -0.2) is 10.1 Å². The molecule has 1 aromatic heterocycles. The van der Waals surface area contributed by atoms with Gasteiger partial charge in [-0.15, -0.1) is 0 Å².